The van der Waals surface area contributed by atoms with Crippen LogP contribution < -0.4 is 4.90 Å². The first-order chi connectivity index (χ1) is 13.0. The van der Waals surface area contributed by atoms with Gasteiger partial charge in [0, 0.05) is 42.5 Å². The minimum absolute atomic E-state index is 0.0118. The van der Waals surface area contributed by atoms with Crippen LogP contribution in [0.5, 0.6) is 0 Å². The number of amides is 1. The van der Waals surface area contributed by atoms with Gasteiger partial charge in [-0.1, -0.05) is 18.2 Å². The van der Waals surface area contributed by atoms with Crippen LogP contribution in [0.2, 0.25) is 0 Å². The molecule has 0 aromatic heterocycles. The molecule has 5 heteroatoms. The standard InChI is InChI=1S/C22H30N2O3/c1-13-16(11-25)15-10-20-22(8-9-23(20)3)18-6-4-5-7-19(18)24(14(2)26)21(22)17(15)12-27-13/h4-7,13,15-17,20-21,25H,8-12H2,1-3H3/t13-,15-,16-,17-,20+,21+,22-/m1/s1. The zero-order valence-electron chi connectivity index (χ0n) is 16.5. The summed E-state index contributed by atoms with van der Waals surface area (Å²) in [5.74, 6) is 0.932. The second-order valence-electron chi connectivity index (χ2n) is 9.09. The zero-order valence-corrected chi connectivity index (χ0v) is 16.5. The van der Waals surface area contributed by atoms with Gasteiger partial charge in [-0.2, -0.15) is 0 Å². The average molecular weight is 370 g/mol. The molecule has 5 nitrogen and oxygen atoms in total. The number of aliphatic hydroxyl groups excluding tert-OH is 1. The van der Waals surface area contributed by atoms with Gasteiger partial charge in [0.1, 0.15) is 0 Å². The number of benzene rings is 1. The molecule has 3 aliphatic heterocycles. The molecule has 1 N–H and O–H groups in total. The first-order valence-corrected chi connectivity index (χ1v) is 10.3. The molecule has 1 aromatic carbocycles. The molecule has 27 heavy (non-hydrogen) atoms. The number of anilines is 1. The predicted octanol–water partition coefficient (Wildman–Crippen LogP) is 2.03. The molecule has 0 radical (unpaired) electrons. The van der Waals surface area contributed by atoms with Gasteiger partial charge >= 0.3 is 0 Å². The van der Waals surface area contributed by atoms with Crippen molar-refractivity contribution in [1.29, 1.82) is 0 Å². The van der Waals surface area contributed by atoms with Gasteiger partial charge in [0.05, 0.1) is 18.8 Å². The highest BCUT2D eigenvalue weighted by atomic mass is 16.5. The molecular weight excluding hydrogens is 340 g/mol. The first-order valence-electron chi connectivity index (χ1n) is 10.3. The number of hydrogen-bond donors (Lipinski definition) is 1. The topological polar surface area (TPSA) is 53.0 Å². The summed E-state index contributed by atoms with van der Waals surface area (Å²) >= 11 is 0. The highest BCUT2D eigenvalue weighted by Crippen LogP contribution is 2.62. The predicted molar refractivity (Wildman–Crippen MR) is 104 cm³/mol. The fraction of sp³-hybridized carbons (Fsp3) is 0.682. The van der Waals surface area contributed by atoms with Gasteiger partial charge in [0.15, 0.2) is 0 Å². The lowest BCUT2D eigenvalue weighted by molar-refractivity contribution is -0.136. The number of rotatable bonds is 1. The van der Waals surface area contributed by atoms with Crippen molar-refractivity contribution in [3.05, 3.63) is 29.8 Å². The number of hydrogen-bond acceptors (Lipinski definition) is 4. The molecule has 146 valence electrons. The Kier molecular flexibility index (Phi) is 3.94. The molecule has 1 saturated carbocycles. The van der Waals surface area contributed by atoms with Crippen LogP contribution in [0.25, 0.3) is 0 Å². The van der Waals surface area contributed by atoms with E-state index in [2.05, 4.69) is 42.0 Å². The number of likely N-dealkylation sites (N-methyl/N-ethyl adjacent to an activating group) is 1. The Balaban J connectivity index is 1.70. The zero-order chi connectivity index (χ0) is 18.9. The molecular formula is C22H30N2O3. The SMILES string of the molecule is CC(=O)N1c2ccccc2[C@]23CCN(C)[C@H]2C[C@H]2[C@@H](CO[C@H](C)[C@H]2CO)[C@H]13. The fourth-order valence-corrected chi connectivity index (χ4v) is 7.07. The van der Waals surface area contributed by atoms with Crippen molar-refractivity contribution in [1.82, 2.24) is 4.90 Å². The number of fused-ring (bicyclic) bond motifs is 3. The van der Waals surface area contributed by atoms with Gasteiger partial charge < -0.3 is 19.6 Å². The molecule has 1 spiro atoms. The molecule has 5 rings (SSSR count). The molecule has 3 heterocycles. The summed E-state index contributed by atoms with van der Waals surface area (Å²) in [6, 6.07) is 9.06. The van der Waals surface area contributed by atoms with E-state index in [1.54, 1.807) is 6.92 Å². The van der Waals surface area contributed by atoms with Crippen LogP contribution in [-0.2, 0) is 14.9 Å². The summed E-state index contributed by atoms with van der Waals surface area (Å²) in [7, 11) is 2.23. The summed E-state index contributed by atoms with van der Waals surface area (Å²) in [6.07, 6.45) is 2.24. The van der Waals surface area contributed by atoms with E-state index in [-0.39, 0.29) is 41.9 Å². The lowest BCUT2D eigenvalue weighted by Crippen LogP contribution is -2.65. The Morgan fingerprint density at radius 3 is 2.85 bits per heavy atom. The van der Waals surface area contributed by atoms with E-state index in [4.69, 9.17) is 4.74 Å². The van der Waals surface area contributed by atoms with Gasteiger partial charge in [-0.15, -0.1) is 0 Å². The van der Waals surface area contributed by atoms with Crippen LogP contribution in [0.1, 0.15) is 32.3 Å². The lowest BCUT2D eigenvalue weighted by Gasteiger charge is -2.56. The van der Waals surface area contributed by atoms with Gasteiger partial charge in [0.2, 0.25) is 5.91 Å². The summed E-state index contributed by atoms with van der Waals surface area (Å²) < 4.78 is 6.15. The number of carbonyl (C=O) groups is 1. The largest absolute Gasteiger partial charge is 0.396 e. The lowest BCUT2D eigenvalue weighted by atomic mass is 9.55. The number of carbonyl (C=O) groups excluding carboxylic acids is 1. The Bertz CT molecular complexity index is 768. The Morgan fingerprint density at radius 2 is 2.11 bits per heavy atom. The van der Waals surface area contributed by atoms with E-state index < -0.39 is 0 Å². The Morgan fingerprint density at radius 1 is 1.33 bits per heavy atom. The maximum atomic E-state index is 12.8. The normalized spacial score (nSPS) is 43.0. The molecule has 1 aromatic rings. The minimum atomic E-state index is -0.0118. The van der Waals surface area contributed by atoms with Crippen LogP contribution in [0.15, 0.2) is 24.3 Å². The van der Waals surface area contributed by atoms with Crippen molar-refractivity contribution in [2.45, 2.75) is 50.3 Å². The van der Waals surface area contributed by atoms with Crippen LogP contribution in [0.3, 0.4) is 0 Å². The van der Waals surface area contributed by atoms with Gasteiger partial charge in [-0.05, 0) is 50.9 Å². The number of ether oxygens (including phenoxy) is 1. The van der Waals surface area contributed by atoms with E-state index in [9.17, 15) is 9.90 Å². The molecule has 1 aliphatic carbocycles. The van der Waals surface area contributed by atoms with Crippen LogP contribution in [0, 0.1) is 17.8 Å². The highest BCUT2D eigenvalue weighted by Gasteiger charge is 2.67. The quantitative estimate of drug-likeness (QED) is 0.822. The number of likely N-dealkylation sites (tertiary alicyclic amines) is 1. The molecule has 3 fully saturated rings. The molecule has 1 amide bonds. The third-order valence-corrected chi connectivity index (χ3v) is 8.18. The van der Waals surface area contributed by atoms with E-state index in [1.807, 2.05) is 6.07 Å². The van der Waals surface area contributed by atoms with Crippen LogP contribution >= 0.6 is 0 Å². The second kappa shape index (κ2) is 6.03. The number of para-hydroxylation sites is 1. The van der Waals surface area contributed by atoms with Gasteiger partial charge in [-0.25, -0.2) is 0 Å². The van der Waals surface area contributed by atoms with E-state index >= 15 is 0 Å². The summed E-state index contributed by atoms with van der Waals surface area (Å²) in [6.45, 7) is 5.68. The summed E-state index contributed by atoms with van der Waals surface area (Å²) in [5.41, 5.74) is 2.43. The molecule has 0 bridgehead atoms. The van der Waals surface area contributed by atoms with Crippen molar-refractivity contribution in [2.75, 3.05) is 31.7 Å². The molecule has 0 unspecified atom stereocenters. The van der Waals surface area contributed by atoms with Gasteiger partial charge in [0.25, 0.3) is 0 Å². The van der Waals surface area contributed by atoms with Crippen LogP contribution in [0.4, 0.5) is 5.69 Å². The Labute approximate surface area is 161 Å². The summed E-state index contributed by atoms with van der Waals surface area (Å²) in [4.78, 5) is 17.4. The maximum Gasteiger partial charge on any atom is 0.224 e. The average Bonchev–Trinajstić information content (AvgIpc) is 3.15. The maximum absolute atomic E-state index is 12.8. The van der Waals surface area contributed by atoms with Crippen molar-refractivity contribution >= 4 is 11.6 Å². The van der Waals surface area contributed by atoms with E-state index in [0.717, 1.165) is 25.1 Å². The van der Waals surface area contributed by atoms with E-state index in [0.29, 0.717) is 18.6 Å². The number of nitrogens with zero attached hydrogens (tertiary/aromatic N) is 2. The molecule has 2 saturated heterocycles. The second-order valence-corrected chi connectivity index (χ2v) is 9.09. The number of aliphatic hydroxyl groups is 1. The van der Waals surface area contributed by atoms with Gasteiger partial charge in [-0.3, -0.25) is 4.79 Å². The molecule has 7 atom stereocenters. The Hall–Kier alpha value is -1.43. The monoisotopic (exact) mass is 370 g/mol. The highest BCUT2D eigenvalue weighted by molar-refractivity contribution is 5.96. The first kappa shape index (κ1) is 17.7. The fourth-order valence-electron chi connectivity index (χ4n) is 7.07. The van der Waals surface area contributed by atoms with Crippen LogP contribution in [-0.4, -0.2) is 60.9 Å². The van der Waals surface area contributed by atoms with Crippen molar-refractivity contribution in [3.63, 3.8) is 0 Å². The third-order valence-electron chi connectivity index (χ3n) is 8.18. The minimum Gasteiger partial charge on any atom is -0.396 e. The van der Waals surface area contributed by atoms with Crippen molar-refractivity contribution in [2.24, 2.45) is 17.8 Å². The third kappa shape index (κ3) is 2.13. The smallest absolute Gasteiger partial charge is 0.224 e. The van der Waals surface area contributed by atoms with Crippen molar-refractivity contribution in [3.8, 4) is 0 Å². The summed E-state index contributed by atoms with van der Waals surface area (Å²) in [5, 5.41) is 10.1. The molecule has 4 aliphatic rings. The van der Waals surface area contributed by atoms with E-state index in [1.165, 1.54) is 5.56 Å². The van der Waals surface area contributed by atoms with Crippen molar-refractivity contribution < 1.29 is 14.6 Å².